The predicted octanol–water partition coefficient (Wildman–Crippen LogP) is 2.58. The van der Waals surface area contributed by atoms with Gasteiger partial charge in [0.1, 0.15) is 0 Å². The van der Waals surface area contributed by atoms with Gasteiger partial charge in [-0.05, 0) is 18.4 Å². The fourth-order valence-electron chi connectivity index (χ4n) is 1.41. The average Bonchev–Trinajstić information content (AvgIpc) is 2.25. The van der Waals surface area contributed by atoms with E-state index >= 15 is 0 Å². The largest absolute Gasteiger partial charge is 0.301 e. The molecule has 5 nitrogen and oxygen atoms in total. The van der Waals surface area contributed by atoms with E-state index in [4.69, 9.17) is 4.84 Å². The van der Waals surface area contributed by atoms with Gasteiger partial charge in [0.05, 0.1) is 11.5 Å². The summed E-state index contributed by atoms with van der Waals surface area (Å²) in [6, 6.07) is 5.05. The van der Waals surface area contributed by atoms with Gasteiger partial charge in [-0.1, -0.05) is 26.0 Å². The molecule has 0 saturated carbocycles. The van der Waals surface area contributed by atoms with Gasteiger partial charge in [-0.3, -0.25) is 10.1 Å². The number of benzene rings is 1. The summed E-state index contributed by atoms with van der Waals surface area (Å²) in [7, 11) is 0. The highest BCUT2D eigenvalue weighted by Gasteiger charge is 2.12. The van der Waals surface area contributed by atoms with Crippen molar-refractivity contribution in [3.05, 3.63) is 39.4 Å². The molecule has 94 valence electrons. The van der Waals surface area contributed by atoms with Gasteiger partial charge in [0, 0.05) is 18.2 Å². The van der Waals surface area contributed by atoms with Crippen LogP contribution >= 0.6 is 0 Å². The van der Waals surface area contributed by atoms with Crippen molar-refractivity contribution in [1.82, 2.24) is 5.48 Å². The van der Waals surface area contributed by atoms with Crippen LogP contribution in [-0.2, 0) is 11.4 Å². The highest BCUT2D eigenvalue weighted by molar-refractivity contribution is 5.44. The van der Waals surface area contributed by atoms with Gasteiger partial charge >= 0.3 is 0 Å². The lowest BCUT2D eigenvalue weighted by molar-refractivity contribution is -0.385. The molecule has 1 rings (SSSR count). The van der Waals surface area contributed by atoms with Crippen molar-refractivity contribution in [2.75, 3.05) is 6.61 Å². The summed E-state index contributed by atoms with van der Waals surface area (Å²) in [5.74, 6) is 0.453. The first-order valence-corrected chi connectivity index (χ1v) is 5.60. The van der Waals surface area contributed by atoms with Crippen LogP contribution in [0.25, 0.3) is 0 Å². The second kappa shape index (κ2) is 6.32. The van der Waals surface area contributed by atoms with Crippen LogP contribution in [0.1, 0.15) is 25.0 Å². The van der Waals surface area contributed by atoms with Gasteiger partial charge in [-0.2, -0.15) is 5.48 Å². The number of hydrogen-bond acceptors (Lipinski definition) is 4. The Morgan fingerprint density at radius 3 is 2.76 bits per heavy atom. The van der Waals surface area contributed by atoms with Gasteiger partial charge in [0.2, 0.25) is 0 Å². The van der Waals surface area contributed by atoms with Crippen LogP contribution in [0.4, 0.5) is 5.69 Å². The molecule has 0 radical (unpaired) electrons. The monoisotopic (exact) mass is 238 g/mol. The Balaban J connectivity index is 2.59. The number of hydrogen-bond donors (Lipinski definition) is 1. The minimum absolute atomic E-state index is 0.146. The van der Waals surface area contributed by atoms with Crippen LogP contribution in [0.15, 0.2) is 18.2 Å². The summed E-state index contributed by atoms with van der Waals surface area (Å²) in [4.78, 5) is 15.6. The van der Waals surface area contributed by atoms with Crippen LogP contribution in [0.5, 0.6) is 0 Å². The number of rotatable bonds is 6. The molecular weight excluding hydrogens is 220 g/mol. The Morgan fingerprint density at radius 1 is 1.47 bits per heavy atom. The van der Waals surface area contributed by atoms with Gasteiger partial charge in [0.15, 0.2) is 0 Å². The molecule has 0 heterocycles. The number of hydroxylamine groups is 1. The summed E-state index contributed by atoms with van der Waals surface area (Å²) in [5.41, 5.74) is 4.52. The molecule has 0 amide bonds. The maximum atomic E-state index is 10.7. The number of nitrogens with zero attached hydrogens (tertiary/aromatic N) is 1. The molecule has 1 N–H and O–H groups in total. The highest BCUT2D eigenvalue weighted by atomic mass is 16.6. The minimum Gasteiger partial charge on any atom is -0.301 e. The van der Waals surface area contributed by atoms with Gasteiger partial charge in [0.25, 0.3) is 5.69 Å². The van der Waals surface area contributed by atoms with Crippen LogP contribution < -0.4 is 5.48 Å². The Labute approximate surface area is 101 Å². The van der Waals surface area contributed by atoms with E-state index < -0.39 is 0 Å². The normalized spacial score (nSPS) is 10.8. The van der Waals surface area contributed by atoms with Crippen LogP contribution in [-0.4, -0.2) is 11.5 Å². The molecule has 1 aromatic rings. The second-order valence-corrected chi connectivity index (χ2v) is 4.34. The Hall–Kier alpha value is -1.46. The molecule has 0 spiro atoms. The van der Waals surface area contributed by atoms with Crippen molar-refractivity contribution in [2.45, 2.75) is 27.3 Å². The fourth-order valence-corrected chi connectivity index (χ4v) is 1.41. The molecule has 0 unspecified atom stereocenters. The lowest BCUT2D eigenvalue weighted by Crippen LogP contribution is -2.18. The van der Waals surface area contributed by atoms with Crippen molar-refractivity contribution in [3.8, 4) is 0 Å². The fraction of sp³-hybridized carbons (Fsp3) is 0.500. The van der Waals surface area contributed by atoms with Crippen molar-refractivity contribution in [2.24, 2.45) is 5.92 Å². The van der Waals surface area contributed by atoms with E-state index in [1.807, 2.05) is 6.07 Å². The third-order valence-corrected chi connectivity index (χ3v) is 2.40. The van der Waals surface area contributed by atoms with E-state index in [2.05, 4.69) is 19.3 Å². The van der Waals surface area contributed by atoms with E-state index in [9.17, 15) is 10.1 Å². The number of nitro benzene ring substituents is 1. The Kier molecular flexibility index (Phi) is 5.06. The smallest absolute Gasteiger partial charge is 0.272 e. The van der Waals surface area contributed by atoms with E-state index in [0.717, 1.165) is 5.56 Å². The number of nitrogens with one attached hydrogen (secondary N) is 1. The Morgan fingerprint density at radius 2 is 2.18 bits per heavy atom. The molecular formula is C12H18N2O3. The zero-order valence-electron chi connectivity index (χ0n) is 10.4. The molecule has 0 aliphatic heterocycles. The summed E-state index contributed by atoms with van der Waals surface area (Å²) in [5, 5.41) is 10.7. The first kappa shape index (κ1) is 13.6. The molecule has 0 bridgehead atoms. The zero-order valence-corrected chi connectivity index (χ0v) is 10.4. The van der Waals surface area contributed by atoms with E-state index in [1.54, 1.807) is 13.0 Å². The Bertz CT molecular complexity index is 391. The quantitative estimate of drug-likeness (QED) is 0.470. The molecule has 0 aliphatic rings. The van der Waals surface area contributed by atoms with Crippen molar-refractivity contribution < 1.29 is 9.76 Å². The molecule has 17 heavy (non-hydrogen) atoms. The predicted molar refractivity (Wildman–Crippen MR) is 65.5 cm³/mol. The maximum absolute atomic E-state index is 10.7. The summed E-state index contributed by atoms with van der Waals surface area (Å²) in [6.07, 6.45) is 0. The topological polar surface area (TPSA) is 64.4 Å². The standard InChI is InChI=1S/C12H18N2O3/c1-9(2)8-17-13-7-11-5-4-6-12(10(11)3)14(15)16/h4-6,9,13H,7-8H2,1-3H3. The van der Waals surface area contributed by atoms with Crippen molar-refractivity contribution in [3.63, 3.8) is 0 Å². The third kappa shape index (κ3) is 4.13. The molecule has 5 heteroatoms. The lowest BCUT2D eigenvalue weighted by atomic mass is 10.1. The van der Waals surface area contributed by atoms with Crippen molar-refractivity contribution in [1.29, 1.82) is 0 Å². The van der Waals surface area contributed by atoms with Gasteiger partial charge in [-0.25, -0.2) is 0 Å². The highest BCUT2D eigenvalue weighted by Crippen LogP contribution is 2.20. The van der Waals surface area contributed by atoms with E-state index in [-0.39, 0.29) is 10.6 Å². The van der Waals surface area contributed by atoms with Crippen LogP contribution in [0.2, 0.25) is 0 Å². The minimum atomic E-state index is -0.367. The maximum Gasteiger partial charge on any atom is 0.272 e. The summed E-state index contributed by atoms with van der Waals surface area (Å²) < 4.78 is 0. The second-order valence-electron chi connectivity index (χ2n) is 4.34. The molecule has 0 aromatic heterocycles. The first-order chi connectivity index (χ1) is 8.02. The third-order valence-electron chi connectivity index (χ3n) is 2.40. The number of nitro groups is 1. The van der Waals surface area contributed by atoms with Crippen LogP contribution in [0, 0.1) is 23.0 Å². The van der Waals surface area contributed by atoms with Gasteiger partial charge < -0.3 is 4.84 Å². The lowest BCUT2D eigenvalue weighted by Gasteiger charge is -2.09. The molecule has 0 aliphatic carbocycles. The zero-order chi connectivity index (χ0) is 12.8. The van der Waals surface area contributed by atoms with Crippen molar-refractivity contribution >= 4 is 5.69 Å². The van der Waals surface area contributed by atoms with Gasteiger partial charge in [-0.15, -0.1) is 0 Å². The first-order valence-electron chi connectivity index (χ1n) is 5.60. The van der Waals surface area contributed by atoms with E-state index in [0.29, 0.717) is 24.6 Å². The average molecular weight is 238 g/mol. The molecule has 0 saturated heterocycles. The summed E-state index contributed by atoms with van der Waals surface area (Å²) >= 11 is 0. The summed E-state index contributed by atoms with van der Waals surface area (Å²) in [6.45, 7) is 6.95. The molecule has 0 atom stereocenters. The molecule has 0 fully saturated rings. The van der Waals surface area contributed by atoms with Crippen LogP contribution in [0.3, 0.4) is 0 Å². The SMILES string of the molecule is Cc1c(CNOCC(C)C)cccc1[N+](=O)[O-]. The molecule has 1 aromatic carbocycles. The van der Waals surface area contributed by atoms with E-state index in [1.165, 1.54) is 6.07 Å².